The average Bonchev–Trinajstić information content (AvgIpc) is 2.91. The highest BCUT2D eigenvalue weighted by atomic mass is 16.7. The van der Waals surface area contributed by atoms with Crippen molar-refractivity contribution in [1.29, 1.82) is 0 Å². The van der Waals surface area contributed by atoms with Gasteiger partial charge < -0.3 is 19.7 Å². The molecule has 1 heterocycles. The SMILES string of the molecule is CC1(C)OC[C@H]([C@@H](/C=C/c2ccc(O)cc2)c2ccc(O)cc2)O1. The number of phenols is 2. The van der Waals surface area contributed by atoms with Crippen LogP contribution in [0.2, 0.25) is 0 Å². The second-order valence-corrected chi connectivity index (χ2v) is 6.44. The number of phenolic OH excluding ortho intramolecular Hbond substituents is 2. The van der Waals surface area contributed by atoms with Gasteiger partial charge in [0.1, 0.15) is 11.5 Å². The van der Waals surface area contributed by atoms with Crippen molar-refractivity contribution in [3.05, 3.63) is 65.7 Å². The highest BCUT2D eigenvalue weighted by molar-refractivity contribution is 5.52. The van der Waals surface area contributed by atoms with E-state index in [2.05, 4.69) is 6.08 Å². The third-order valence-corrected chi connectivity index (χ3v) is 4.10. The van der Waals surface area contributed by atoms with Crippen LogP contribution in [0.1, 0.15) is 30.9 Å². The van der Waals surface area contributed by atoms with Gasteiger partial charge in [-0.2, -0.15) is 0 Å². The van der Waals surface area contributed by atoms with E-state index in [4.69, 9.17) is 9.47 Å². The fourth-order valence-corrected chi connectivity index (χ4v) is 2.84. The van der Waals surface area contributed by atoms with Gasteiger partial charge in [0, 0.05) is 5.92 Å². The van der Waals surface area contributed by atoms with Crippen LogP contribution in [0.3, 0.4) is 0 Å². The van der Waals surface area contributed by atoms with Crippen molar-refractivity contribution < 1.29 is 19.7 Å². The Morgan fingerprint density at radius 1 is 1.00 bits per heavy atom. The zero-order chi connectivity index (χ0) is 17.2. The Morgan fingerprint density at radius 3 is 2.12 bits per heavy atom. The zero-order valence-corrected chi connectivity index (χ0v) is 13.8. The van der Waals surface area contributed by atoms with Gasteiger partial charge in [-0.25, -0.2) is 0 Å². The van der Waals surface area contributed by atoms with Crippen molar-refractivity contribution in [3.8, 4) is 11.5 Å². The van der Waals surface area contributed by atoms with Crippen LogP contribution < -0.4 is 0 Å². The first-order chi connectivity index (χ1) is 11.4. The summed E-state index contributed by atoms with van der Waals surface area (Å²) in [6.45, 7) is 4.33. The van der Waals surface area contributed by atoms with E-state index < -0.39 is 5.79 Å². The van der Waals surface area contributed by atoms with Crippen LogP contribution in [0, 0.1) is 0 Å². The van der Waals surface area contributed by atoms with E-state index in [9.17, 15) is 10.2 Å². The van der Waals surface area contributed by atoms with Crippen LogP contribution in [0.5, 0.6) is 11.5 Å². The number of benzene rings is 2. The van der Waals surface area contributed by atoms with Gasteiger partial charge >= 0.3 is 0 Å². The summed E-state index contributed by atoms with van der Waals surface area (Å²) in [4.78, 5) is 0. The average molecular weight is 326 g/mol. The van der Waals surface area contributed by atoms with Crippen molar-refractivity contribution in [3.63, 3.8) is 0 Å². The van der Waals surface area contributed by atoms with Gasteiger partial charge in [0.05, 0.1) is 12.7 Å². The molecule has 2 N–H and O–H groups in total. The number of hydrogen-bond donors (Lipinski definition) is 2. The Morgan fingerprint density at radius 2 is 1.58 bits per heavy atom. The molecule has 0 amide bonds. The zero-order valence-electron chi connectivity index (χ0n) is 13.8. The molecule has 1 saturated heterocycles. The molecule has 0 saturated carbocycles. The standard InChI is InChI=1S/C20H22O4/c1-20(2)23-13-19(24-20)18(15-6-10-17(22)11-7-15)12-5-14-3-8-16(21)9-4-14/h3-12,18-19,21-22H,13H2,1-2H3/b12-5+/t18-,19+/m0/s1. The van der Waals surface area contributed by atoms with Gasteiger partial charge in [-0.1, -0.05) is 36.4 Å². The number of ether oxygens (including phenoxy) is 2. The Labute approximate surface area is 142 Å². The van der Waals surface area contributed by atoms with Gasteiger partial charge in [-0.15, -0.1) is 0 Å². The lowest BCUT2D eigenvalue weighted by Gasteiger charge is -2.22. The maximum Gasteiger partial charge on any atom is 0.163 e. The molecule has 0 radical (unpaired) electrons. The minimum Gasteiger partial charge on any atom is -0.508 e. The van der Waals surface area contributed by atoms with Crippen LogP contribution in [0.4, 0.5) is 0 Å². The molecule has 1 aliphatic heterocycles. The van der Waals surface area contributed by atoms with E-state index in [1.54, 1.807) is 24.3 Å². The van der Waals surface area contributed by atoms with Crippen molar-refractivity contribution in [2.24, 2.45) is 0 Å². The molecule has 126 valence electrons. The van der Waals surface area contributed by atoms with E-state index in [-0.39, 0.29) is 23.5 Å². The molecular weight excluding hydrogens is 304 g/mol. The molecule has 1 fully saturated rings. The maximum atomic E-state index is 9.52. The van der Waals surface area contributed by atoms with Gasteiger partial charge in [0.2, 0.25) is 0 Å². The summed E-state index contributed by atoms with van der Waals surface area (Å²) in [5, 5.41) is 18.9. The molecule has 3 rings (SSSR count). The van der Waals surface area contributed by atoms with Crippen molar-refractivity contribution in [1.82, 2.24) is 0 Å². The molecule has 0 bridgehead atoms. The topological polar surface area (TPSA) is 58.9 Å². The number of aromatic hydroxyl groups is 2. The van der Waals surface area contributed by atoms with Crippen LogP contribution in [-0.4, -0.2) is 28.7 Å². The summed E-state index contributed by atoms with van der Waals surface area (Å²) in [7, 11) is 0. The minimum absolute atomic E-state index is 0.00109. The monoisotopic (exact) mass is 326 g/mol. The van der Waals surface area contributed by atoms with Gasteiger partial charge in [0.25, 0.3) is 0 Å². The fraction of sp³-hybridized carbons (Fsp3) is 0.300. The normalized spacial score (nSPS) is 21.2. The first-order valence-electron chi connectivity index (χ1n) is 8.01. The lowest BCUT2D eigenvalue weighted by atomic mass is 9.92. The van der Waals surface area contributed by atoms with E-state index in [1.807, 2.05) is 44.2 Å². The quantitative estimate of drug-likeness (QED) is 0.890. The lowest BCUT2D eigenvalue weighted by Crippen LogP contribution is -2.24. The third kappa shape index (κ3) is 3.96. The molecule has 4 nitrogen and oxygen atoms in total. The molecule has 0 spiro atoms. The smallest absolute Gasteiger partial charge is 0.163 e. The Bertz CT molecular complexity index is 701. The molecule has 0 unspecified atom stereocenters. The molecule has 4 heteroatoms. The first kappa shape index (κ1) is 16.6. The summed E-state index contributed by atoms with van der Waals surface area (Å²) in [6, 6.07) is 14.2. The molecule has 0 aromatic heterocycles. The predicted octanol–water partition coefficient (Wildman–Crippen LogP) is 4.05. The molecule has 1 aliphatic rings. The second-order valence-electron chi connectivity index (χ2n) is 6.44. The van der Waals surface area contributed by atoms with E-state index in [0.29, 0.717) is 6.61 Å². The minimum atomic E-state index is -0.591. The summed E-state index contributed by atoms with van der Waals surface area (Å²) >= 11 is 0. The summed E-state index contributed by atoms with van der Waals surface area (Å²) in [5.74, 6) is -0.103. The largest absolute Gasteiger partial charge is 0.508 e. The summed E-state index contributed by atoms with van der Waals surface area (Å²) in [6.07, 6.45) is 3.98. The van der Waals surface area contributed by atoms with Crippen LogP contribution in [0.25, 0.3) is 6.08 Å². The second kappa shape index (κ2) is 6.67. The lowest BCUT2D eigenvalue weighted by molar-refractivity contribution is -0.139. The Kier molecular flexibility index (Phi) is 4.60. The van der Waals surface area contributed by atoms with Crippen molar-refractivity contribution >= 4 is 6.08 Å². The van der Waals surface area contributed by atoms with E-state index in [0.717, 1.165) is 11.1 Å². The highest BCUT2D eigenvalue weighted by Crippen LogP contribution is 2.34. The molecular formula is C20H22O4. The van der Waals surface area contributed by atoms with Crippen molar-refractivity contribution in [2.45, 2.75) is 31.7 Å². The van der Waals surface area contributed by atoms with Gasteiger partial charge in [-0.3, -0.25) is 0 Å². The third-order valence-electron chi connectivity index (χ3n) is 4.10. The summed E-state index contributed by atoms with van der Waals surface area (Å²) < 4.78 is 11.7. The Hall–Kier alpha value is -2.30. The molecule has 2 aromatic carbocycles. The van der Waals surface area contributed by atoms with Gasteiger partial charge in [-0.05, 0) is 49.2 Å². The van der Waals surface area contributed by atoms with Crippen molar-refractivity contribution in [2.75, 3.05) is 6.61 Å². The number of rotatable bonds is 4. The molecule has 2 atom stereocenters. The first-order valence-corrected chi connectivity index (χ1v) is 8.01. The van der Waals surface area contributed by atoms with E-state index in [1.165, 1.54) is 0 Å². The Balaban J connectivity index is 1.87. The number of hydrogen-bond acceptors (Lipinski definition) is 4. The van der Waals surface area contributed by atoms with Crippen LogP contribution >= 0.6 is 0 Å². The fourth-order valence-electron chi connectivity index (χ4n) is 2.84. The molecule has 0 aliphatic carbocycles. The van der Waals surface area contributed by atoms with E-state index >= 15 is 0 Å². The molecule has 24 heavy (non-hydrogen) atoms. The predicted molar refractivity (Wildman–Crippen MR) is 92.9 cm³/mol. The summed E-state index contributed by atoms with van der Waals surface area (Å²) in [5.41, 5.74) is 2.05. The highest BCUT2D eigenvalue weighted by Gasteiger charge is 2.37. The van der Waals surface area contributed by atoms with Crippen LogP contribution in [-0.2, 0) is 9.47 Å². The van der Waals surface area contributed by atoms with Gasteiger partial charge in [0.15, 0.2) is 5.79 Å². The maximum absolute atomic E-state index is 9.52. The van der Waals surface area contributed by atoms with Crippen LogP contribution in [0.15, 0.2) is 54.6 Å². The molecule has 2 aromatic rings.